The van der Waals surface area contributed by atoms with Crippen LogP contribution in [0.3, 0.4) is 0 Å². The first-order valence-electron chi connectivity index (χ1n) is 6.01. The van der Waals surface area contributed by atoms with Crippen molar-refractivity contribution in [3.05, 3.63) is 41.2 Å². The topological polar surface area (TPSA) is 81.3 Å². The minimum Gasteiger partial charge on any atom is -0.382 e. The molecule has 2 rings (SSSR count). The highest BCUT2D eigenvalue weighted by Crippen LogP contribution is 2.23. The molecule has 2 aromatic heterocycles. The first kappa shape index (κ1) is 14.4. The van der Waals surface area contributed by atoms with E-state index in [0.29, 0.717) is 16.6 Å². The number of carbonyl (C=O) groups excluding carboxylic acids is 1. The summed E-state index contributed by atoms with van der Waals surface area (Å²) in [7, 11) is 3.32. The number of aromatic nitrogens is 2. The van der Waals surface area contributed by atoms with Crippen molar-refractivity contribution in [1.82, 2.24) is 14.9 Å². The third-order valence-electron chi connectivity index (χ3n) is 2.88. The van der Waals surface area contributed by atoms with Gasteiger partial charge in [0, 0.05) is 20.4 Å². The van der Waals surface area contributed by atoms with Crippen molar-refractivity contribution in [1.29, 1.82) is 0 Å². The van der Waals surface area contributed by atoms with Gasteiger partial charge in [-0.25, -0.2) is 4.98 Å². The van der Waals surface area contributed by atoms with Gasteiger partial charge in [-0.15, -0.1) is 0 Å². The number of thiazole rings is 1. The van der Waals surface area contributed by atoms with E-state index in [1.807, 2.05) is 18.2 Å². The summed E-state index contributed by atoms with van der Waals surface area (Å²) in [5.41, 5.74) is 6.34. The Morgan fingerprint density at radius 1 is 1.50 bits per heavy atom. The highest BCUT2D eigenvalue weighted by Gasteiger charge is 2.24. The number of anilines is 1. The van der Waals surface area contributed by atoms with E-state index in [9.17, 15) is 4.79 Å². The number of likely N-dealkylation sites (N-methyl/N-ethyl adjacent to an activating group) is 1. The maximum Gasteiger partial charge on any atom is 0.266 e. The monoisotopic (exact) mass is 292 g/mol. The molecule has 2 heterocycles. The lowest BCUT2D eigenvalue weighted by molar-refractivity contribution is 0.0599. The molecule has 7 heteroatoms. The summed E-state index contributed by atoms with van der Waals surface area (Å²) in [6, 6.07) is 5.33. The predicted molar refractivity (Wildman–Crippen MR) is 77.5 cm³/mol. The Hall–Kier alpha value is -1.99. The number of nitrogens with zero attached hydrogens (tertiary/aromatic N) is 3. The molecule has 6 nitrogen and oxygen atoms in total. The molecule has 0 aliphatic rings. The molecule has 0 saturated carbocycles. The van der Waals surface area contributed by atoms with E-state index in [1.54, 1.807) is 25.3 Å². The molecule has 0 aromatic carbocycles. The van der Waals surface area contributed by atoms with Gasteiger partial charge in [-0.1, -0.05) is 17.4 Å². The summed E-state index contributed by atoms with van der Waals surface area (Å²) in [6.45, 7) is 0.369. The molecule has 0 radical (unpaired) electrons. The Labute approximate surface area is 121 Å². The summed E-state index contributed by atoms with van der Waals surface area (Å²) < 4.78 is 5.20. The molecular formula is C13H16N4O2S. The van der Waals surface area contributed by atoms with Crippen LogP contribution in [-0.2, 0) is 4.74 Å². The van der Waals surface area contributed by atoms with Crippen LogP contribution < -0.4 is 5.73 Å². The average molecular weight is 292 g/mol. The zero-order valence-corrected chi connectivity index (χ0v) is 12.1. The largest absolute Gasteiger partial charge is 0.382 e. The van der Waals surface area contributed by atoms with E-state index in [2.05, 4.69) is 9.97 Å². The lowest BCUT2D eigenvalue weighted by atomic mass is 10.1. The van der Waals surface area contributed by atoms with E-state index in [1.165, 1.54) is 17.5 Å². The van der Waals surface area contributed by atoms with Crippen molar-refractivity contribution in [3.63, 3.8) is 0 Å². The number of nitrogen functional groups attached to an aromatic ring is 1. The average Bonchev–Trinajstić information content (AvgIpc) is 2.91. The number of hydrogen-bond acceptors (Lipinski definition) is 6. The van der Waals surface area contributed by atoms with Gasteiger partial charge in [0.1, 0.15) is 4.88 Å². The molecule has 1 amide bonds. The van der Waals surface area contributed by atoms with Crippen LogP contribution in [0.25, 0.3) is 0 Å². The number of carbonyl (C=O) groups is 1. The highest BCUT2D eigenvalue weighted by atomic mass is 32.1. The van der Waals surface area contributed by atoms with Crippen molar-refractivity contribution in [2.45, 2.75) is 6.04 Å². The minimum atomic E-state index is -0.253. The Morgan fingerprint density at radius 2 is 2.30 bits per heavy atom. The van der Waals surface area contributed by atoms with Crippen LogP contribution in [-0.4, -0.2) is 41.5 Å². The van der Waals surface area contributed by atoms with Gasteiger partial charge in [0.05, 0.1) is 24.5 Å². The molecule has 0 fully saturated rings. The van der Waals surface area contributed by atoms with Gasteiger partial charge >= 0.3 is 0 Å². The zero-order valence-electron chi connectivity index (χ0n) is 11.3. The second kappa shape index (κ2) is 6.44. The zero-order chi connectivity index (χ0) is 14.5. The van der Waals surface area contributed by atoms with E-state index in [4.69, 9.17) is 10.5 Å². The molecule has 0 saturated heterocycles. The quantitative estimate of drug-likeness (QED) is 0.905. The molecule has 20 heavy (non-hydrogen) atoms. The molecule has 0 bridgehead atoms. The lowest BCUT2D eigenvalue weighted by Gasteiger charge is -2.26. The number of hydrogen-bond donors (Lipinski definition) is 1. The van der Waals surface area contributed by atoms with Crippen molar-refractivity contribution >= 4 is 22.4 Å². The lowest BCUT2D eigenvalue weighted by Crippen LogP contribution is -2.33. The van der Waals surface area contributed by atoms with Gasteiger partial charge < -0.3 is 15.4 Å². The third kappa shape index (κ3) is 3.12. The normalized spacial score (nSPS) is 12.1. The van der Waals surface area contributed by atoms with Crippen LogP contribution in [0.4, 0.5) is 5.13 Å². The van der Waals surface area contributed by atoms with Crippen molar-refractivity contribution in [2.75, 3.05) is 26.5 Å². The molecule has 2 aromatic rings. The second-order valence-electron chi connectivity index (χ2n) is 4.20. The third-order valence-corrected chi connectivity index (χ3v) is 3.69. The smallest absolute Gasteiger partial charge is 0.266 e. The summed E-state index contributed by atoms with van der Waals surface area (Å²) >= 11 is 1.17. The van der Waals surface area contributed by atoms with Crippen molar-refractivity contribution in [2.24, 2.45) is 0 Å². The number of amides is 1. The first-order valence-corrected chi connectivity index (χ1v) is 6.83. The Balaban J connectivity index is 2.23. The minimum absolute atomic E-state index is 0.146. The maximum absolute atomic E-state index is 12.4. The van der Waals surface area contributed by atoms with Crippen LogP contribution in [0.15, 0.2) is 30.6 Å². The highest BCUT2D eigenvalue weighted by molar-refractivity contribution is 7.17. The number of ether oxygens (including phenoxy) is 1. The van der Waals surface area contributed by atoms with E-state index < -0.39 is 0 Å². The molecule has 2 N–H and O–H groups in total. The molecule has 0 aliphatic heterocycles. The van der Waals surface area contributed by atoms with E-state index in [0.717, 1.165) is 5.69 Å². The summed E-state index contributed by atoms with van der Waals surface area (Å²) in [4.78, 5) is 22.7. The molecule has 0 aliphatic carbocycles. The Kier molecular flexibility index (Phi) is 4.65. The second-order valence-corrected chi connectivity index (χ2v) is 5.27. The van der Waals surface area contributed by atoms with E-state index in [-0.39, 0.29) is 11.9 Å². The Bertz CT molecular complexity index is 573. The van der Waals surface area contributed by atoms with Gasteiger partial charge in [-0.3, -0.25) is 9.78 Å². The van der Waals surface area contributed by atoms with Crippen LogP contribution in [0.5, 0.6) is 0 Å². The van der Waals surface area contributed by atoms with Crippen LogP contribution in [0.1, 0.15) is 21.4 Å². The van der Waals surface area contributed by atoms with Gasteiger partial charge in [-0.2, -0.15) is 0 Å². The standard InChI is InChI=1S/C13H16N4O2S/c1-17(12(18)11-7-16-13(14)20-11)10(8-19-2)9-5-3-4-6-15-9/h3-7,10H,8H2,1-2H3,(H2,14,16). The fourth-order valence-corrected chi connectivity index (χ4v) is 2.50. The summed E-state index contributed by atoms with van der Waals surface area (Å²) in [5.74, 6) is -0.146. The first-order chi connectivity index (χ1) is 9.63. The number of rotatable bonds is 5. The number of pyridine rings is 1. The van der Waals surface area contributed by atoms with Crippen LogP contribution in [0.2, 0.25) is 0 Å². The SMILES string of the molecule is COCC(c1ccccn1)N(C)C(=O)c1cnc(N)s1. The van der Waals surface area contributed by atoms with Crippen LogP contribution in [0, 0.1) is 0 Å². The molecule has 106 valence electrons. The predicted octanol–water partition coefficient (Wildman–Crippen LogP) is 1.58. The molecule has 0 spiro atoms. The Morgan fingerprint density at radius 3 is 2.85 bits per heavy atom. The van der Waals surface area contributed by atoms with Gasteiger partial charge in [0.2, 0.25) is 0 Å². The molecular weight excluding hydrogens is 276 g/mol. The van der Waals surface area contributed by atoms with Gasteiger partial charge in [-0.05, 0) is 12.1 Å². The maximum atomic E-state index is 12.4. The summed E-state index contributed by atoms with van der Waals surface area (Å²) in [6.07, 6.45) is 3.18. The molecule has 1 unspecified atom stereocenters. The van der Waals surface area contributed by atoms with E-state index >= 15 is 0 Å². The summed E-state index contributed by atoms with van der Waals surface area (Å²) in [5, 5.41) is 0.378. The van der Waals surface area contributed by atoms with Crippen molar-refractivity contribution in [3.8, 4) is 0 Å². The van der Waals surface area contributed by atoms with Gasteiger partial charge in [0.15, 0.2) is 5.13 Å². The number of nitrogens with two attached hydrogens (primary N) is 1. The number of methoxy groups -OCH3 is 1. The fraction of sp³-hybridized carbons (Fsp3) is 0.308. The van der Waals surface area contributed by atoms with Crippen LogP contribution >= 0.6 is 11.3 Å². The van der Waals surface area contributed by atoms with Gasteiger partial charge in [0.25, 0.3) is 5.91 Å². The molecule has 1 atom stereocenters. The fourth-order valence-electron chi connectivity index (χ4n) is 1.83. The van der Waals surface area contributed by atoms with Crippen molar-refractivity contribution < 1.29 is 9.53 Å².